The van der Waals surface area contributed by atoms with Crippen LogP contribution in [-0.4, -0.2) is 42.7 Å². The lowest BCUT2D eigenvalue weighted by molar-refractivity contribution is -0.142. The molecule has 0 aliphatic carbocycles. The van der Waals surface area contributed by atoms with Crippen molar-refractivity contribution in [2.45, 2.75) is 27.2 Å². The summed E-state index contributed by atoms with van der Waals surface area (Å²) in [7, 11) is 1.87. The van der Waals surface area contributed by atoms with Crippen molar-refractivity contribution in [3.05, 3.63) is 11.9 Å². The third-order valence-electron chi connectivity index (χ3n) is 2.44. The molecule has 0 unspecified atom stereocenters. The number of rotatable bonds is 7. The van der Waals surface area contributed by atoms with Crippen molar-refractivity contribution < 1.29 is 14.3 Å². The van der Waals surface area contributed by atoms with E-state index in [-0.39, 0.29) is 5.97 Å². The lowest BCUT2D eigenvalue weighted by Gasteiger charge is -2.18. The molecule has 19 heavy (non-hydrogen) atoms. The maximum atomic E-state index is 11.3. The molecule has 0 bridgehead atoms. The summed E-state index contributed by atoms with van der Waals surface area (Å²) in [6.07, 6.45) is 0.331. The molecule has 0 spiro atoms. The van der Waals surface area contributed by atoms with Gasteiger partial charge in [-0.3, -0.25) is 4.79 Å². The van der Waals surface area contributed by atoms with Crippen LogP contribution in [0.25, 0.3) is 0 Å². The number of hydrogen-bond donors (Lipinski definition) is 0. The lowest BCUT2D eigenvalue weighted by Crippen LogP contribution is -2.23. The molecule has 0 saturated carbocycles. The highest BCUT2D eigenvalue weighted by atomic mass is 16.5. The molecule has 1 aromatic rings. The normalized spacial score (nSPS) is 10.1. The molecule has 6 heteroatoms. The van der Waals surface area contributed by atoms with Gasteiger partial charge in [-0.05, 0) is 20.8 Å². The molecule has 6 nitrogen and oxygen atoms in total. The number of nitrogens with zero attached hydrogens (tertiary/aromatic N) is 3. The minimum atomic E-state index is -0.204. The van der Waals surface area contributed by atoms with E-state index in [0.29, 0.717) is 37.9 Å². The van der Waals surface area contributed by atoms with Gasteiger partial charge in [-0.1, -0.05) is 0 Å². The van der Waals surface area contributed by atoms with Crippen LogP contribution in [0, 0.1) is 6.92 Å². The summed E-state index contributed by atoms with van der Waals surface area (Å²) in [5.74, 6) is 1.72. The molecule has 0 amide bonds. The third-order valence-corrected chi connectivity index (χ3v) is 2.44. The summed E-state index contributed by atoms with van der Waals surface area (Å²) >= 11 is 0. The Morgan fingerprint density at radius 3 is 2.68 bits per heavy atom. The summed E-state index contributed by atoms with van der Waals surface area (Å²) in [4.78, 5) is 21.7. The Bertz CT molecular complexity index is 424. The maximum absolute atomic E-state index is 11.3. The number of ether oxygens (including phenoxy) is 2. The zero-order valence-corrected chi connectivity index (χ0v) is 12.0. The highest BCUT2D eigenvalue weighted by Crippen LogP contribution is 2.16. The number of carbonyl (C=O) groups excluding carboxylic acids is 1. The minimum Gasteiger partial charge on any atom is -0.478 e. The maximum Gasteiger partial charge on any atom is 0.307 e. The first-order valence-corrected chi connectivity index (χ1v) is 6.42. The monoisotopic (exact) mass is 267 g/mol. The van der Waals surface area contributed by atoms with E-state index in [1.807, 2.05) is 25.8 Å². The summed E-state index contributed by atoms with van der Waals surface area (Å²) < 4.78 is 10.3. The zero-order chi connectivity index (χ0) is 14.3. The molecule has 0 radical (unpaired) electrons. The van der Waals surface area contributed by atoms with Gasteiger partial charge in [-0.2, -0.15) is 4.98 Å². The van der Waals surface area contributed by atoms with Gasteiger partial charge in [0.25, 0.3) is 0 Å². The quantitative estimate of drug-likeness (QED) is 0.699. The summed E-state index contributed by atoms with van der Waals surface area (Å²) in [5, 5.41) is 0. The Hall–Kier alpha value is -1.85. The van der Waals surface area contributed by atoms with Gasteiger partial charge in [0, 0.05) is 19.7 Å². The standard InChI is InChI=1S/C13H21N3O3/c1-5-18-12-9-11(14-10(3)15-12)16(4)8-7-13(17)19-6-2/h9H,5-8H2,1-4H3. The molecular formula is C13H21N3O3. The molecule has 0 aromatic carbocycles. The Morgan fingerprint density at radius 2 is 2.05 bits per heavy atom. The Labute approximate surface area is 113 Å². The van der Waals surface area contributed by atoms with E-state index in [9.17, 15) is 4.79 Å². The van der Waals surface area contributed by atoms with E-state index < -0.39 is 0 Å². The molecule has 0 saturated heterocycles. The average molecular weight is 267 g/mol. The van der Waals surface area contributed by atoms with E-state index in [1.165, 1.54) is 0 Å². The van der Waals surface area contributed by atoms with Gasteiger partial charge in [0.15, 0.2) is 0 Å². The second kappa shape index (κ2) is 7.56. The number of aryl methyl sites for hydroxylation is 1. The van der Waals surface area contributed by atoms with Crippen LogP contribution in [0.5, 0.6) is 5.88 Å². The van der Waals surface area contributed by atoms with Crippen LogP contribution in [0.15, 0.2) is 6.07 Å². The number of hydrogen-bond acceptors (Lipinski definition) is 6. The van der Waals surface area contributed by atoms with E-state index in [1.54, 1.807) is 13.0 Å². The smallest absolute Gasteiger partial charge is 0.307 e. The van der Waals surface area contributed by atoms with Crippen LogP contribution < -0.4 is 9.64 Å². The molecule has 1 aromatic heterocycles. The first-order chi connectivity index (χ1) is 9.06. The second-order valence-corrected chi connectivity index (χ2v) is 4.02. The van der Waals surface area contributed by atoms with E-state index in [4.69, 9.17) is 9.47 Å². The van der Waals surface area contributed by atoms with Gasteiger partial charge in [0.1, 0.15) is 11.6 Å². The highest BCUT2D eigenvalue weighted by molar-refractivity contribution is 5.70. The average Bonchev–Trinajstić information content (AvgIpc) is 2.36. The molecule has 0 aliphatic heterocycles. The third kappa shape index (κ3) is 5.11. The first-order valence-electron chi connectivity index (χ1n) is 6.42. The Morgan fingerprint density at radius 1 is 1.32 bits per heavy atom. The molecule has 1 rings (SSSR count). The summed E-state index contributed by atoms with van der Waals surface area (Å²) in [6, 6.07) is 1.77. The van der Waals surface area contributed by atoms with Crippen LogP contribution in [-0.2, 0) is 9.53 Å². The van der Waals surface area contributed by atoms with Crippen LogP contribution >= 0.6 is 0 Å². The fraction of sp³-hybridized carbons (Fsp3) is 0.615. The predicted molar refractivity (Wildman–Crippen MR) is 72.5 cm³/mol. The van der Waals surface area contributed by atoms with Crippen molar-refractivity contribution in [3.8, 4) is 5.88 Å². The van der Waals surface area contributed by atoms with Crippen LogP contribution in [0.1, 0.15) is 26.1 Å². The predicted octanol–water partition coefficient (Wildman–Crippen LogP) is 1.57. The molecule has 0 N–H and O–H groups in total. The van der Waals surface area contributed by atoms with Gasteiger partial charge >= 0.3 is 5.97 Å². The minimum absolute atomic E-state index is 0.204. The number of esters is 1. The fourth-order valence-corrected chi connectivity index (χ4v) is 1.55. The largest absolute Gasteiger partial charge is 0.478 e. The van der Waals surface area contributed by atoms with Crippen molar-refractivity contribution in [2.24, 2.45) is 0 Å². The molecule has 0 atom stereocenters. The Kier molecular flexibility index (Phi) is 6.05. The van der Waals surface area contributed by atoms with Crippen LogP contribution in [0.4, 0.5) is 5.82 Å². The molecule has 0 aliphatic rings. The summed E-state index contributed by atoms with van der Waals surface area (Å²) in [6.45, 7) is 7.02. The van der Waals surface area contributed by atoms with Crippen molar-refractivity contribution in [3.63, 3.8) is 0 Å². The van der Waals surface area contributed by atoms with Crippen LogP contribution in [0.2, 0.25) is 0 Å². The van der Waals surface area contributed by atoms with Gasteiger partial charge in [0.2, 0.25) is 5.88 Å². The molecule has 1 heterocycles. The SMILES string of the molecule is CCOC(=O)CCN(C)c1cc(OCC)nc(C)n1. The van der Waals surface area contributed by atoms with E-state index >= 15 is 0 Å². The molecule has 0 fully saturated rings. The second-order valence-electron chi connectivity index (χ2n) is 4.02. The molecular weight excluding hydrogens is 246 g/mol. The summed E-state index contributed by atoms with van der Waals surface area (Å²) in [5.41, 5.74) is 0. The number of anilines is 1. The van der Waals surface area contributed by atoms with Gasteiger partial charge in [0.05, 0.1) is 19.6 Å². The van der Waals surface area contributed by atoms with Crippen molar-refractivity contribution in [1.29, 1.82) is 0 Å². The van der Waals surface area contributed by atoms with Gasteiger partial charge in [-0.25, -0.2) is 4.98 Å². The topological polar surface area (TPSA) is 64.5 Å². The van der Waals surface area contributed by atoms with Crippen molar-refractivity contribution in [1.82, 2.24) is 9.97 Å². The lowest BCUT2D eigenvalue weighted by atomic mass is 10.4. The van der Waals surface area contributed by atoms with E-state index in [2.05, 4.69) is 9.97 Å². The Balaban J connectivity index is 2.65. The van der Waals surface area contributed by atoms with Crippen molar-refractivity contribution in [2.75, 3.05) is 31.7 Å². The van der Waals surface area contributed by atoms with Crippen LogP contribution in [0.3, 0.4) is 0 Å². The highest BCUT2D eigenvalue weighted by Gasteiger charge is 2.09. The number of carbonyl (C=O) groups is 1. The van der Waals surface area contributed by atoms with Gasteiger partial charge < -0.3 is 14.4 Å². The van der Waals surface area contributed by atoms with Gasteiger partial charge in [-0.15, -0.1) is 0 Å². The van der Waals surface area contributed by atoms with Crippen molar-refractivity contribution >= 4 is 11.8 Å². The zero-order valence-electron chi connectivity index (χ0n) is 12.0. The fourth-order valence-electron chi connectivity index (χ4n) is 1.55. The molecule has 106 valence electrons. The van der Waals surface area contributed by atoms with E-state index in [0.717, 1.165) is 5.82 Å². The first kappa shape index (κ1) is 15.2. The number of aromatic nitrogens is 2.